The first-order valence-corrected chi connectivity index (χ1v) is 7.38. The molecule has 1 N–H and O–H groups in total. The third-order valence-electron chi connectivity index (χ3n) is 3.34. The molecule has 1 aliphatic rings. The number of halogens is 2. The summed E-state index contributed by atoms with van der Waals surface area (Å²) in [5.41, 5.74) is 2.02. The first-order valence-electron chi connectivity index (χ1n) is 6.63. The van der Waals surface area contributed by atoms with Crippen molar-refractivity contribution in [1.29, 1.82) is 0 Å². The van der Waals surface area contributed by atoms with Crippen LogP contribution in [0.15, 0.2) is 36.4 Å². The fourth-order valence-corrected chi connectivity index (χ4v) is 2.51. The summed E-state index contributed by atoms with van der Waals surface area (Å²) in [4.78, 5) is 23.4. The number of fused-ring (bicyclic) bond motifs is 1. The molecule has 6 heteroatoms. The third-order valence-corrected chi connectivity index (χ3v) is 4.08. The van der Waals surface area contributed by atoms with E-state index in [0.29, 0.717) is 34.2 Å². The summed E-state index contributed by atoms with van der Waals surface area (Å²) in [6.07, 6.45) is 1.05. The number of ether oxygens (including phenoxy) is 1. The van der Waals surface area contributed by atoms with E-state index in [1.54, 1.807) is 30.3 Å². The average molecular weight is 336 g/mol. The van der Waals surface area contributed by atoms with Crippen molar-refractivity contribution >= 4 is 40.8 Å². The van der Waals surface area contributed by atoms with Gasteiger partial charge in [-0.15, -0.1) is 0 Å². The van der Waals surface area contributed by atoms with Crippen LogP contribution in [0.3, 0.4) is 0 Å². The van der Waals surface area contributed by atoms with Crippen molar-refractivity contribution in [1.82, 2.24) is 0 Å². The Labute approximate surface area is 137 Å². The Hall–Kier alpha value is -2.04. The van der Waals surface area contributed by atoms with Gasteiger partial charge in [0.05, 0.1) is 15.6 Å². The van der Waals surface area contributed by atoms with Gasteiger partial charge in [0.1, 0.15) is 5.75 Å². The van der Waals surface area contributed by atoms with Crippen molar-refractivity contribution < 1.29 is 14.3 Å². The van der Waals surface area contributed by atoms with Crippen LogP contribution in [0.25, 0.3) is 0 Å². The first-order chi connectivity index (χ1) is 10.5. The fourth-order valence-electron chi connectivity index (χ4n) is 2.21. The molecule has 0 spiro atoms. The predicted octanol–water partition coefficient (Wildman–Crippen LogP) is 4.10. The van der Waals surface area contributed by atoms with Gasteiger partial charge in [-0.05, 0) is 48.4 Å². The van der Waals surface area contributed by atoms with Gasteiger partial charge in [0.2, 0.25) is 5.91 Å². The van der Waals surface area contributed by atoms with Crippen LogP contribution in [0.2, 0.25) is 10.0 Å². The molecule has 0 atom stereocenters. The van der Waals surface area contributed by atoms with E-state index in [-0.39, 0.29) is 5.91 Å². The zero-order valence-corrected chi connectivity index (χ0v) is 12.9. The van der Waals surface area contributed by atoms with Crippen LogP contribution < -0.4 is 10.1 Å². The lowest BCUT2D eigenvalue weighted by molar-refractivity contribution is -0.116. The molecule has 2 aromatic carbocycles. The smallest absolute Gasteiger partial charge is 0.343 e. The monoisotopic (exact) mass is 335 g/mol. The van der Waals surface area contributed by atoms with Gasteiger partial charge < -0.3 is 10.1 Å². The second-order valence-corrected chi connectivity index (χ2v) is 5.70. The second-order valence-electron chi connectivity index (χ2n) is 4.89. The molecule has 22 heavy (non-hydrogen) atoms. The van der Waals surface area contributed by atoms with Crippen molar-refractivity contribution in [3.63, 3.8) is 0 Å². The van der Waals surface area contributed by atoms with Crippen molar-refractivity contribution in [2.24, 2.45) is 0 Å². The molecule has 112 valence electrons. The summed E-state index contributed by atoms with van der Waals surface area (Å²) in [6.45, 7) is 0. The number of rotatable bonds is 2. The van der Waals surface area contributed by atoms with Crippen molar-refractivity contribution in [2.45, 2.75) is 12.8 Å². The zero-order chi connectivity index (χ0) is 15.7. The molecule has 1 amide bonds. The Morgan fingerprint density at radius 3 is 2.64 bits per heavy atom. The average Bonchev–Trinajstić information content (AvgIpc) is 2.50. The molecule has 1 aliphatic heterocycles. The number of anilines is 1. The van der Waals surface area contributed by atoms with Gasteiger partial charge >= 0.3 is 5.97 Å². The fraction of sp³-hybridized carbons (Fsp3) is 0.125. The molecule has 0 aromatic heterocycles. The minimum atomic E-state index is -0.515. The lowest BCUT2D eigenvalue weighted by Gasteiger charge is -2.17. The summed E-state index contributed by atoms with van der Waals surface area (Å²) in [5.74, 6) is -0.0996. The number of benzene rings is 2. The van der Waals surface area contributed by atoms with E-state index in [2.05, 4.69) is 5.32 Å². The van der Waals surface area contributed by atoms with E-state index in [1.807, 2.05) is 0 Å². The molecule has 1 heterocycles. The van der Waals surface area contributed by atoms with Crippen molar-refractivity contribution in [3.8, 4) is 5.75 Å². The van der Waals surface area contributed by atoms with Gasteiger partial charge in [-0.2, -0.15) is 0 Å². The van der Waals surface area contributed by atoms with Crippen LogP contribution in [-0.4, -0.2) is 11.9 Å². The molecular formula is C16H11Cl2NO3. The summed E-state index contributed by atoms with van der Waals surface area (Å²) in [7, 11) is 0. The Bertz CT molecular complexity index is 774. The molecule has 0 saturated carbocycles. The zero-order valence-electron chi connectivity index (χ0n) is 11.4. The van der Waals surface area contributed by atoms with Crippen molar-refractivity contribution in [2.75, 3.05) is 5.32 Å². The third kappa shape index (κ3) is 3.08. The highest BCUT2D eigenvalue weighted by atomic mass is 35.5. The van der Waals surface area contributed by atoms with Crippen LogP contribution in [-0.2, 0) is 11.2 Å². The maximum absolute atomic E-state index is 12.1. The molecule has 2 aromatic rings. The number of esters is 1. The molecule has 0 saturated heterocycles. The van der Waals surface area contributed by atoms with Gasteiger partial charge in [-0.3, -0.25) is 4.79 Å². The first kappa shape index (κ1) is 14.9. The molecular weight excluding hydrogens is 325 g/mol. The predicted molar refractivity (Wildman–Crippen MR) is 84.8 cm³/mol. The Kier molecular flexibility index (Phi) is 4.05. The number of hydrogen-bond acceptors (Lipinski definition) is 3. The minimum absolute atomic E-state index is 0.00643. The maximum Gasteiger partial charge on any atom is 0.343 e. The molecule has 0 radical (unpaired) electrons. The lowest BCUT2D eigenvalue weighted by Crippen LogP contribution is -2.19. The number of carbonyl (C=O) groups is 2. The number of nitrogens with one attached hydrogen (secondary N) is 1. The molecule has 4 nitrogen and oxygen atoms in total. The quantitative estimate of drug-likeness (QED) is 0.664. The van der Waals surface area contributed by atoms with Crippen LogP contribution in [0.5, 0.6) is 5.75 Å². The van der Waals surface area contributed by atoms with Gasteiger partial charge in [0, 0.05) is 12.1 Å². The summed E-state index contributed by atoms with van der Waals surface area (Å²) in [5, 5.41) is 3.45. The normalized spacial score (nSPS) is 13.3. The highest BCUT2D eigenvalue weighted by Gasteiger charge is 2.16. The van der Waals surface area contributed by atoms with Crippen LogP contribution in [0, 0.1) is 0 Å². The van der Waals surface area contributed by atoms with Crippen LogP contribution >= 0.6 is 23.2 Å². The highest BCUT2D eigenvalue weighted by Crippen LogP contribution is 2.28. The van der Waals surface area contributed by atoms with E-state index in [9.17, 15) is 9.59 Å². The van der Waals surface area contributed by atoms with E-state index < -0.39 is 5.97 Å². The highest BCUT2D eigenvalue weighted by molar-refractivity contribution is 6.42. The molecule has 0 aliphatic carbocycles. The van der Waals surface area contributed by atoms with Gasteiger partial charge in [-0.1, -0.05) is 23.2 Å². The molecule has 0 unspecified atom stereocenters. The van der Waals surface area contributed by atoms with Gasteiger partial charge in [0.15, 0.2) is 0 Å². The summed E-state index contributed by atoms with van der Waals surface area (Å²) >= 11 is 11.7. The number of hydrogen-bond donors (Lipinski definition) is 1. The maximum atomic E-state index is 12.1. The number of carbonyl (C=O) groups excluding carboxylic acids is 2. The van der Waals surface area contributed by atoms with Crippen LogP contribution in [0.4, 0.5) is 5.69 Å². The summed E-state index contributed by atoms with van der Waals surface area (Å²) < 4.78 is 5.33. The Balaban J connectivity index is 1.79. The number of amides is 1. The molecule has 0 fully saturated rings. The number of aryl methyl sites for hydroxylation is 1. The SMILES string of the molecule is O=C1CCc2cc(OC(=O)c3ccc(Cl)c(Cl)c3)ccc2N1. The largest absolute Gasteiger partial charge is 0.423 e. The van der Waals surface area contributed by atoms with E-state index in [1.165, 1.54) is 6.07 Å². The second kappa shape index (κ2) is 5.99. The van der Waals surface area contributed by atoms with E-state index in [0.717, 1.165) is 11.3 Å². The van der Waals surface area contributed by atoms with Crippen LogP contribution in [0.1, 0.15) is 22.3 Å². The van der Waals surface area contributed by atoms with E-state index in [4.69, 9.17) is 27.9 Å². The topological polar surface area (TPSA) is 55.4 Å². The standard InChI is InChI=1S/C16H11Cl2NO3/c17-12-4-1-10(8-13(12)18)16(21)22-11-3-5-14-9(7-11)2-6-15(20)19-14/h1,3-5,7-8H,2,6H2,(H,19,20). The lowest BCUT2D eigenvalue weighted by atomic mass is 10.0. The van der Waals surface area contributed by atoms with E-state index >= 15 is 0 Å². The Morgan fingerprint density at radius 2 is 1.86 bits per heavy atom. The summed E-state index contributed by atoms with van der Waals surface area (Å²) in [6, 6.07) is 9.68. The Morgan fingerprint density at radius 1 is 1.05 bits per heavy atom. The van der Waals surface area contributed by atoms with Crippen molar-refractivity contribution in [3.05, 3.63) is 57.6 Å². The minimum Gasteiger partial charge on any atom is -0.423 e. The van der Waals surface area contributed by atoms with Gasteiger partial charge in [0.25, 0.3) is 0 Å². The van der Waals surface area contributed by atoms with Gasteiger partial charge in [-0.25, -0.2) is 4.79 Å². The molecule has 0 bridgehead atoms. The molecule has 3 rings (SSSR count).